The van der Waals surface area contributed by atoms with Crippen LogP contribution >= 0.6 is 11.3 Å². The number of nitro groups is 1. The number of hydrogen-bond acceptors (Lipinski definition) is 7. The molecule has 0 radical (unpaired) electrons. The molecular formula is C23H22N4O4S. The second-order valence-corrected chi connectivity index (χ2v) is 8.39. The van der Waals surface area contributed by atoms with E-state index < -0.39 is 4.92 Å². The van der Waals surface area contributed by atoms with Gasteiger partial charge in [0.15, 0.2) is 11.5 Å². The van der Waals surface area contributed by atoms with Gasteiger partial charge in [0.25, 0.3) is 5.69 Å². The van der Waals surface area contributed by atoms with Crippen molar-refractivity contribution in [3.63, 3.8) is 0 Å². The number of nitro benzene ring substituents is 1. The van der Waals surface area contributed by atoms with Crippen LogP contribution in [0.4, 0.5) is 5.69 Å². The number of ether oxygens (including phenoxy) is 2. The number of aryl methyl sites for hydroxylation is 2. The van der Waals surface area contributed by atoms with Crippen molar-refractivity contribution < 1.29 is 14.4 Å². The first-order valence-corrected chi connectivity index (χ1v) is 10.8. The number of rotatable bonds is 6. The van der Waals surface area contributed by atoms with Gasteiger partial charge >= 0.3 is 0 Å². The maximum absolute atomic E-state index is 11.6. The van der Waals surface area contributed by atoms with E-state index in [-0.39, 0.29) is 12.5 Å². The van der Waals surface area contributed by atoms with Crippen LogP contribution in [0, 0.1) is 24.0 Å². The summed E-state index contributed by atoms with van der Waals surface area (Å²) in [7, 11) is 0. The number of aromatic nitrogens is 1. The third-order valence-electron chi connectivity index (χ3n) is 5.00. The standard InChI is InChI=1S/C23H22N4O4S/c1-14(2)10-24-23-26(20(12-32-23)17-6-5-15(3)16(4)7-17)25-11-18-8-21-22(31-13-30-21)9-19(18)27(28)29/h5-9,11-12H,1,10,13H2,2-4H3. The molecule has 0 saturated carbocycles. The predicted molar refractivity (Wildman–Crippen MR) is 125 cm³/mol. The lowest BCUT2D eigenvalue weighted by atomic mass is 10.1. The predicted octanol–water partition coefficient (Wildman–Crippen LogP) is 4.83. The highest BCUT2D eigenvalue weighted by molar-refractivity contribution is 7.07. The largest absolute Gasteiger partial charge is 0.454 e. The fourth-order valence-electron chi connectivity index (χ4n) is 3.15. The molecular weight excluding hydrogens is 428 g/mol. The van der Waals surface area contributed by atoms with E-state index in [4.69, 9.17) is 9.47 Å². The maximum Gasteiger partial charge on any atom is 0.282 e. The van der Waals surface area contributed by atoms with E-state index in [0.29, 0.717) is 28.4 Å². The topological polar surface area (TPSA) is 91.2 Å². The minimum Gasteiger partial charge on any atom is -0.454 e. The van der Waals surface area contributed by atoms with Crippen LogP contribution < -0.4 is 14.3 Å². The van der Waals surface area contributed by atoms with E-state index in [1.807, 2.05) is 18.4 Å². The van der Waals surface area contributed by atoms with E-state index in [0.717, 1.165) is 22.4 Å². The highest BCUT2D eigenvalue weighted by Gasteiger charge is 2.22. The van der Waals surface area contributed by atoms with Crippen LogP contribution in [0.15, 0.2) is 58.0 Å². The molecule has 0 spiro atoms. The lowest BCUT2D eigenvalue weighted by molar-refractivity contribution is -0.385. The normalized spacial score (nSPS) is 13.2. The fraction of sp³-hybridized carbons (Fsp3) is 0.217. The molecule has 1 aliphatic rings. The van der Waals surface area contributed by atoms with Crippen LogP contribution in [0.2, 0.25) is 0 Å². The molecule has 0 amide bonds. The maximum atomic E-state index is 11.6. The third kappa shape index (κ3) is 4.33. The zero-order valence-electron chi connectivity index (χ0n) is 18.0. The second-order valence-electron chi connectivity index (χ2n) is 7.55. The number of fused-ring (bicyclic) bond motifs is 1. The summed E-state index contributed by atoms with van der Waals surface area (Å²) in [5.74, 6) is 0.805. The van der Waals surface area contributed by atoms with Crippen molar-refractivity contribution in [1.82, 2.24) is 4.68 Å². The van der Waals surface area contributed by atoms with Gasteiger partial charge in [0.2, 0.25) is 11.6 Å². The van der Waals surface area contributed by atoms with Gasteiger partial charge in [-0.3, -0.25) is 15.1 Å². The van der Waals surface area contributed by atoms with Crippen molar-refractivity contribution in [3.8, 4) is 22.8 Å². The highest BCUT2D eigenvalue weighted by atomic mass is 32.1. The summed E-state index contributed by atoms with van der Waals surface area (Å²) in [6.45, 7) is 10.4. The molecule has 0 fully saturated rings. The van der Waals surface area contributed by atoms with Crippen LogP contribution in [0.1, 0.15) is 23.6 Å². The van der Waals surface area contributed by atoms with Crippen molar-refractivity contribution in [2.75, 3.05) is 13.3 Å². The molecule has 0 N–H and O–H groups in total. The zero-order valence-corrected chi connectivity index (χ0v) is 18.8. The molecule has 8 nitrogen and oxygen atoms in total. The summed E-state index contributed by atoms with van der Waals surface area (Å²) in [6, 6.07) is 9.11. The van der Waals surface area contributed by atoms with Gasteiger partial charge in [-0.1, -0.05) is 24.3 Å². The summed E-state index contributed by atoms with van der Waals surface area (Å²) < 4.78 is 12.3. The van der Waals surface area contributed by atoms with Crippen LogP contribution in [0.3, 0.4) is 0 Å². The van der Waals surface area contributed by atoms with Gasteiger partial charge in [-0.25, -0.2) is 4.68 Å². The van der Waals surface area contributed by atoms with Gasteiger partial charge in [0, 0.05) is 10.9 Å². The van der Waals surface area contributed by atoms with E-state index in [9.17, 15) is 10.1 Å². The molecule has 1 aliphatic heterocycles. The molecule has 2 heterocycles. The monoisotopic (exact) mass is 450 g/mol. The van der Waals surface area contributed by atoms with Crippen molar-refractivity contribution in [1.29, 1.82) is 0 Å². The number of benzene rings is 2. The van der Waals surface area contributed by atoms with Gasteiger partial charge in [-0.2, -0.15) is 5.10 Å². The lowest BCUT2D eigenvalue weighted by Gasteiger charge is -2.07. The van der Waals surface area contributed by atoms with Crippen molar-refractivity contribution in [3.05, 3.63) is 79.5 Å². The van der Waals surface area contributed by atoms with Crippen LogP contribution in [-0.4, -0.2) is 29.2 Å². The summed E-state index contributed by atoms with van der Waals surface area (Å²) in [6.07, 6.45) is 1.46. The average molecular weight is 451 g/mol. The van der Waals surface area contributed by atoms with Crippen LogP contribution in [0.25, 0.3) is 11.3 Å². The Bertz CT molecular complexity index is 1320. The molecule has 9 heteroatoms. The van der Waals surface area contributed by atoms with Crippen molar-refractivity contribution >= 4 is 23.2 Å². The first kappa shape index (κ1) is 21.5. The molecule has 0 bridgehead atoms. The molecule has 0 saturated heterocycles. The van der Waals surface area contributed by atoms with Gasteiger partial charge in [0.1, 0.15) is 0 Å². The number of nitrogens with zero attached hydrogens (tertiary/aromatic N) is 4. The third-order valence-corrected chi connectivity index (χ3v) is 5.86. The molecule has 164 valence electrons. The first-order valence-electron chi connectivity index (χ1n) is 9.89. The quantitative estimate of drug-likeness (QED) is 0.233. The Morgan fingerprint density at radius 3 is 2.69 bits per heavy atom. The minimum atomic E-state index is -0.460. The molecule has 2 aromatic carbocycles. The summed E-state index contributed by atoms with van der Waals surface area (Å²) in [5, 5.41) is 18.2. The summed E-state index contributed by atoms with van der Waals surface area (Å²) in [4.78, 5) is 16.4. The molecule has 4 rings (SSSR count). The second kappa shape index (κ2) is 8.80. The van der Waals surface area contributed by atoms with Gasteiger partial charge in [0.05, 0.1) is 35.0 Å². The van der Waals surface area contributed by atoms with Gasteiger partial charge in [-0.15, -0.1) is 11.3 Å². The molecule has 1 aromatic heterocycles. The molecule has 0 unspecified atom stereocenters. The highest BCUT2D eigenvalue weighted by Crippen LogP contribution is 2.37. The number of thiazole rings is 1. The summed E-state index contributed by atoms with van der Waals surface area (Å²) in [5.41, 5.74) is 5.32. The molecule has 0 aliphatic carbocycles. The van der Waals surface area contributed by atoms with Crippen molar-refractivity contribution in [2.24, 2.45) is 10.1 Å². The van der Waals surface area contributed by atoms with Crippen molar-refractivity contribution in [2.45, 2.75) is 20.8 Å². The SMILES string of the molecule is C=C(C)CN=c1scc(-c2ccc(C)c(C)c2)n1N=Cc1cc2c(cc1[N+](=O)[O-])OCO2. The van der Waals surface area contributed by atoms with Crippen LogP contribution in [0.5, 0.6) is 11.5 Å². The van der Waals surface area contributed by atoms with E-state index in [1.165, 1.54) is 29.2 Å². The Kier molecular flexibility index (Phi) is 5.91. The molecule has 0 atom stereocenters. The molecule has 32 heavy (non-hydrogen) atoms. The van der Waals surface area contributed by atoms with E-state index >= 15 is 0 Å². The number of hydrogen-bond donors (Lipinski definition) is 0. The van der Waals surface area contributed by atoms with E-state index in [2.05, 4.69) is 42.7 Å². The van der Waals surface area contributed by atoms with Crippen LogP contribution in [-0.2, 0) is 0 Å². The Morgan fingerprint density at radius 1 is 1.25 bits per heavy atom. The van der Waals surface area contributed by atoms with Gasteiger partial charge < -0.3 is 9.47 Å². The Hall–Kier alpha value is -3.72. The smallest absolute Gasteiger partial charge is 0.282 e. The molecule has 3 aromatic rings. The Balaban J connectivity index is 1.84. The first-order chi connectivity index (χ1) is 15.3. The Labute approximate surface area is 188 Å². The van der Waals surface area contributed by atoms with E-state index in [1.54, 1.807) is 10.7 Å². The van der Waals surface area contributed by atoms with Gasteiger partial charge in [-0.05, 0) is 44.0 Å². The average Bonchev–Trinajstić information content (AvgIpc) is 3.38. The lowest BCUT2D eigenvalue weighted by Crippen LogP contribution is -2.13. The Morgan fingerprint density at radius 2 is 2.00 bits per heavy atom. The minimum absolute atomic E-state index is 0.0349. The zero-order chi connectivity index (χ0) is 22.8. The summed E-state index contributed by atoms with van der Waals surface area (Å²) >= 11 is 1.45. The fourth-order valence-corrected chi connectivity index (χ4v) is 3.99.